The monoisotopic (exact) mass is 905 g/mol. The van der Waals surface area contributed by atoms with E-state index < -0.39 is 61.1 Å². The van der Waals surface area contributed by atoms with Crippen LogP contribution >= 0.6 is 0 Å². The van der Waals surface area contributed by atoms with E-state index in [-0.39, 0.29) is 24.7 Å². The minimum absolute atomic E-state index is 0.174. The lowest BCUT2D eigenvalue weighted by molar-refractivity contribution is -0.285. The number of rotatable bonds is 23. The maximum Gasteiger partial charge on any atom is 0.268 e. The predicted octanol–water partition coefficient (Wildman–Crippen LogP) is 10.3. The first-order valence-electron chi connectivity index (χ1n) is 22.5. The van der Waals surface area contributed by atoms with Gasteiger partial charge in [-0.15, -0.1) is 0 Å². The number of benzene rings is 5. The second-order valence-electron chi connectivity index (χ2n) is 17.4. The minimum atomic E-state index is -3.96. The van der Waals surface area contributed by atoms with Crippen LogP contribution in [0.1, 0.15) is 61.0 Å². The van der Waals surface area contributed by atoms with Crippen LogP contribution in [0, 0.1) is 0 Å². The predicted molar refractivity (Wildman–Crippen MR) is 253 cm³/mol. The molecule has 0 aliphatic heterocycles. The third-order valence-corrected chi connectivity index (χ3v) is 14.3. The maximum absolute atomic E-state index is 14.1. The van der Waals surface area contributed by atoms with E-state index in [2.05, 4.69) is 19.6 Å². The van der Waals surface area contributed by atoms with E-state index in [1.807, 2.05) is 116 Å². The van der Waals surface area contributed by atoms with Gasteiger partial charge in [0.1, 0.15) is 36.6 Å². The SMILES string of the molecule is CC(OC1C(O)C(OCCCCCCO[Si](C)(C)C)C(OCc2ccccc2)C(OCc2ccccc2)C1OCc1ccccc1)c1cn(S(=O)(=O)c2ccccc2)c2ccccc12. The molecule has 64 heavy (non-hydrogen) atoms. The van der Waals surface area contributed by atoms with Gasteiger partial charge in [0.05, 0.1) is 36.3 Å². The van der Waals surface area contributed by atoms with Crippen LogP contribution in [0.5, 0.6) is 0 Å². The highest BCUT2D eigenvalue weighted by Crippen LogP contribution is 2.38. The number of aliphatic hydroxyl groups is 1. The normalized spacial score (nSPS) is 21.0. The van der Waals surface area contributed by atoms with E-state index in [1.54, 1.807) is 42.6 Å². The lowest BCUT2D eigenvalue weighted by Crippen LogP contribution is -2.67. The average molecular weight is 906 g/mol. The first-order chi connectivity index (χ1) is 31.0. The van der Waals surface area contributed by atoms with Crippen molar-refractivity contribution in [2.24, 2.45) is 0 Å². The largest absolute Gasteiger partial charge is 0.418 e. The maximum atomic E-state index is 14.1. The Hall–Kier alpha value is -4.47. The van der Waals surface area contributed by atoms with Crippen molar-refractivity contribution in [1.29, 1.82) is 0 Å². The molecule has 1 fully saturated rings. The van der Waals surface area contributed by atoms with Gasteiger partial charge in [0.2, 0.25) is 0 Å². The second kappa shape index (κ2) is 22.6. The molecule has 1 saturated carbocycles. The van der Waals surface area contributed by atoms with Gasteiger partial charge in [-0.05, 0) is 74.3 Å². The molecule has 0 bridgehead atoms. The summed E-state index contributed by atoms with van der Waals surface area (Å²) in [6, 6.07) is 45.5. The summed E-state index contributed by atoms with van der Waals surface area (Å²) in [6.45, 7) is 10.3. The molecule has 7 unspecified atom stereocenters. The summed E-state index contributed by atoms with van der Waals surface area (Å²) in [5.41, 5.74) is 4.03. The van der Waals surface area contributed by atoms with Gasteiger partial charge < -0.3 is 33.2 Å². The van der Waals surface area contributed by atoms with Crippen molar-refractivity contribution >= 4 is 29.2 Å². The molecule has 10 nitrogen and oxygen atoms in total. The molecule has 1 heterocycles. The van der Waals surface area contributed by atoms with Gasteiger partial charge in [-0.25, -0.2) is 12.4 Å². The Morgan fingerprint density at radius 1 is 0.562 bits per heavy atom. The van der Waals surface area contributed by atoms with E-state index in [0.29, 0.717) is 23.1 Å². The molecular formula is C52H63NO9SSi. The third kappa shape index (κ3) is 12.4. The first-order valence-corrected chi connectivity index (χ1v) is 27.3. The van der Waals surface area contributed by atoms with E-state index in [1.165, 1.54) is 3.97 Å². The van der Waals surface area contributed by atoms with Gasteiger partial charge in [0.25, 0.3) is 10.0 Å². The van der Waals surface area contributed by atoms with Gasteiger partial charge in [0.15, 0.2) is 8.32 Å². The quantitative estimate of drug-likeness (QED) is 0.0496. The van der Waals surface area contributed by atoms with Crippen LogP contribution in [0.15, 0.2) is 157 Å². The van der Waals surface area contributed by atoms with Gasteiger partial charge >= 0.3 is 0 Å². The average Bonchev–Trinajstić information content (AvgIpc) is 3.71. The minimum Gasteiger partial charge on any atom is -0.418 e. The van der Waals surface area contributed by atoms with Crippen molar-refractivity contribution < 1.29 is 41.6 Å². The van der Waals surface area contributed by atoms with Crippen LogP contribution in [0.2, 0.25) is 19.6 Å². The highest BCUT2D eigenvalue weighted by atomic mass is 32.2. The van der Waals surface area contributed by atoms with E-state index in [9.17, 15) is 13.5 Å². The van der Waals surface area contributed by atoms with Crippen molar-refractivity contribution in [3.8, 4) is 0 Å². The molecule has 7 atom stereocenters. The number of aromatic nitrogens is 1. The number of ether oxygens (including phenoxy) is 5. The molecule has 0 saturated heterocycles. The number of aliphatic hydroxyl groups excluding tert-OH is 1. The van der Waals surface area contributed by atoms with Crippen molar-refractivity contribution in [3.05, 3.63) is 174 Å². The number of hydrogen-bond donors (Lipinski definition) is 1. The Morgan fingerprint density at radius 2 is 1.02 bits per heavy atom. The highest BCUT2D eigenvalue weighted by molar-refractivity contribution is 7.90. The Kier molecular flexibility index (Phi) is 16.8. The molecule has 0 spiro atoms. The standard InChI is InChI=1S/C52H63NO9SSi/c1-39(45-35-53(46-32-20-19-31-44(45)46)63(55,56)43-29-17-10-18-30-43)62-49-47(54)48(57-33-21-5-6-22-34-61-64(2,3)4)50(58-36-40-23-11-7-12-24-40)52(60-38-42-27-15-9-16-28-42)51(49)59-37-41-25-13-8-14-26-41/h7-20,23-32,35,39,47-52,54H,5-6,21-22,33-34,36-38H2,1-4H3. The molecule has 6 aromatic rings. The lowest BCUT2D eigenvalue weighted by atomic mass is 9.83. The van der Waals surface area contributed by atoms with Crippen LogP contribution in [-0.2, 0) is 58.0 Å². The molecule has 340 valence electrons. The highest BCUT2D eigenvalue weighted by Gasteiger charge is 2.54. The molecule has 1 aliphatic rings. The fourth-order valence-corrected chi connectivity index (χ4v) is 10.4. The van der Waals surface area contributed by atoms with E-state index in [4.69, 9.17) is 28.1 Å². The van der Waals surface area contributed by atoms with Gasteiger partial charge in [-0.1, -0.05) is 140 Å². The molecule has 0 amide bonds. The van der Waals surface area contributed by atoms with E-state index >= 15 is 0 Å². The van der Waals surface area contributed by atoms with Crippen LogP contribution in [0.25, 0.3) is 10.9 Å². The van der Waals surface area contributed by atoms with Crippen molar-refractivity contribution in [3.63, 3.8) is 0 Å². The Balaban J connectivity index is 1.23. The first kappa shape index (κ1) is 47.5. The zero-order valence-corrected chi connectivity index (χ0v) is 39.2. The smallest absolute Gasteiger partial charge is 0.268 e. The Morgan fingerprint density at radius 3 is 1.55 bits per heavy atom. The lowest BCUT2D eigenvalue weighted by Gasteiger charge is -2.49. The molecule has 1 aromatic heterocycles. The fraction of sp³-hybridized carbons (Fsp3) is 0.385. The Labute approximate surface area is 380 Å². The number of para-hydroxylation sites is 1. The van der Waals surface area contributed by atoms with Crippen LogP contribution in [-0.4, -0.2) is 75.7 Å². The fourth-order valence-electron chi connectivity index (χ4n) is 8.23. The summed E-state index contributed by atoms with van der Waals surface area (Å²) in [5.74, 6) is 0. The topological polar surface area (TPSA) is 115 Å². The zero-order valence-electron chi connectivity index (χ0n) is 37.4. The number of fused-ring (bicyclic) bond motifs is 1. The number of unbranched alkanes of at least 4 members (excludes halogenated alkanes) is 3. The summed E-state index contributed by atoms with van der Waals surface area (Å²) in [5, 5.41) is 13.4. The van der Waals surface area contributed by atoms with E-state index in [0.717, 1.165) is 49.0 Å². The molecule has 1 aliphatic carbocycles. The third-order valence-electron chi connectivity index (χ3n) is 11.5. The molecule has 0 radical (unpaired) electrons. The summed E-state index contributed by atoms with van der Waals surface area (Å²) in [4.78, 5) is 0.174. The van der Waals surface area contributed by atoms with Gasteiger partial charge in [-0.2, -0.15) is 0 Å². The second-order valence-corrected chi connectivity index (χ2v) is 23.8. The molecule has 5 aromatic carbocycles. The summed E-state index contributed by atoms with van der Waals surface area (Å²) < 4.78 is 70.0. The zero-order chi connectivity index (χ0) is 44.9. The number of hydrogen-bond acceptors (Lipinski definition) is 9. The van der Waals surface area contributed by atoms with Crippen molar-refractivity contribution in [1.82, 2.24) is 3.97 Å². The molecule has 12 heteroatoms. The molecule has 7 rings (SSSR count). The molecular weight excluding hydrogens is 843 g/mol. The Bertz CT molecular complexity index is 2410. The van der Waals surface area contributed by atoms with Crippen LogP contribution < -0.4 is 0 Å². The summed E-state index contributed by atoms with van der Waals surface area (Å²) >= 11 is 0. The van der Waals surface area contributed by atoms with Gasteiger partial charge in [0, 0.05) is 30.4 Å². The summed E-state index contributed by atoms with van der Waals surface area (Å²) in [6.07, 6.45) is -0.854. The van der Waals surface area contributed by atoms with Crippen molar-refractivity contribution in [2.75, 3.05) is 13.2 Å². The summed E-state index contributed by atoms with van der Waals surface area (Å²) in [7, 11) is -5.54. The molecule has 1 N–H and O–H groups in total. The van der Waals surface area contributed by atoms with Gasteiger partial charge in [-0.3, -0.25) is 0 Å². The van der Waals surface area contributed by atoms with Crippen LogP contribution in [0.3, 0.4) is 0 Å². The van der Waals surface area contributed by atoms with Crippen LogP contribution in [0.4, 0.5) is 0 Å². The number of nitrogens with zero attached hydrogens (tertiary/aromatic N) is 1. The van der Waals surface area contributed by atoms with Crippen molar-refractivity contribution in [2.45, 2.75) is 120 Å².